The summed E-state index contributed by atoms with van der Waals surface area (Å²) in [6, 6.07) is 28.7. The number of allylic oxidation sites excluding steroid dienone is 2. The second kappa shape index (κ2) is 10.7. The third-order valence-electron chi connectivity index (χ3n) is 7.40. The van der Waals surface area contributed by atoms with Crippen molar-refractivity contribution >= 4 is 40.8 Å². The molecule has 4 aromatic rings. The van der Waals surface area contributed by atoms with E-state index < -0.39 is 0 Å². The molecule has 3 atom stereocenters. The van der Waals surface area contributed by atoms with Crippen LogP contribution in [0.1, 0.15) is 46.2 Å². The molecule has 0 radical (unpaired) electrons. The zero-order valence-electron chi connectivity index (χ0n) is 21.1. The van der Waals surface area contributed by atoms with Gasteiger partial charge in [-0.05, 0) is 84.5 Å². The molecule has 0 unspecified atom stereocenters. The van der Waals surface area contributed by atoms with Crippen molar-refractivity contribution in [2.75, 3.05) is 5.32 Å². The summed E-state index contributed by atoms with van der Waals surface area (Å²) >= 11 is 12.3. The first kappa shape index (κ1) is 24.8. The molecule has 0 saturated carbocycles. The Morgan fingerprint density at radius 2 is 1.71 bits per heavy atom. The van der Waals surface area contributed by atoms with Crippen LogP contribution in [0.3, 0.4) is 0 Å². The number of anilines is 1. The lowest BCUT2D eigenvalue weighted by Crippen LogP contribution is -2.29. The van der Waals surface area contributed by atoms with Crippen molar-refractivity contribution < 1.29 is 4.74 Å². The standard InChI is InChI=1S/C33H28Cl2N2O/c1-21-5-15-31-30(17-21)28-3-2-4-29(28)33(37-31)23-8-13-27(14-9-23)36-19-24-18-26(35)12-16-32(24)38-20-22-6-10-25(34)11-7-22/h2-3,5-19,28-29,33,37H,4,20H2,1H3/t28-,29-,33+/m1/s1. The Bertz CT molecular complexity index is 1510. The maximum absolute atomic E-state index is 6.28. The van der Waals surface area contributed by atoms with Crippen LogP contribution in [0.4, 0.5) is 11.4 Å². The van der Waals surface area contributed by atoms with Crippen LogP contribution in [0.5, 0.6) is 5.75 Å². The maximum Gasteiger partial charge on any atom is 0.128 e. The van der Waals surface area contributed by atoms with Crippen LogP contribution in [0.15, 0.2) is 102 Å². The first-order valence-corrected chi connectivity index (χ1v) is 13.6. The second-order valence-electron chi connectivity index (χ2n) is 10.0. The van der Waals surface area contributed by atoms with Crippen molar-refractivity contribution in [1.82, 2.24) is 0 Å². The Hall–Kier alpha value is -3.53. The minimum atomic E-state index is 0.268. The van der Waals surface area contributed by atoms with Gasteiger partial charge in [-0.15, -0.1) is 0 Å². The number of rotatable bonds is 6. The van der Waals surface area contributed by atoms with Gasteiger partial charge in [0.05, 0.1) is 11.7 Å². The number of nitrogens with one attached hydrogen (secondary N) is 1. The zero-order valence-corrected chi connectivity index (χ0v) is 22.6. The van der Waals surface area contributed by atoms with Crippen molar-refractivity contribution in [3.05, 3.63) is 135 Å². The fraction of sp³-hybridized carbons (Fsp3) is 0.182. The van der Waals surface area contributed by atoms with Gasteiger partial charge in [-0.2, -0.15) is 0 Å². The van der Waals surface area contributed by atoms with E-state index in [2.05, 4.69) is 66.9 Å². The number of benzene rings is 4. The first-order chi connectivity index (χ1) is 18.5. The smallest absolute Gasteiger partial charge is 0.128 e. The van der Waals surface area contributed by atoms with Crippen LogP contribution >= 0.6 is 23.2 Å². The van der Waals surface area contributed by atoms with E-state index in [1.807, 2.05) is 48.7 Å². The number of ether oxygens (including phenoxy) is 1. The van der Waals surface area contributed by atoms with E-state index in [0.29, 0.717) is 28.5 Å². The van der Waals surface area contributed by atoms with E-state index in [1.165, 1.54) is 22.4 Å². The quantitative estimate of drug-likeness (QED) is 0.196. The lowest BCUT2D eigenvalue weighted by atomic mass is 9.76. The summed E-state index contributed by atoms with van der Waals surface area (Å²) in [5.41, 5.74) is 7.99. The van der Waals surface area contributed by atoms with Gasteiger partial charge in [0.1, 0.15) is 12.4 Å². The molecule has 5 heteroatoms. The molecule has 0 aromatic heterocycles. The first-order valence-electron chi connectivity index (χ1n) is 12.9. The van der Waals surface area contributed by atoms with E-state index in [9.17, 15) is 0 Å². The molecule has 1 N–H and O–H groups in total. The maximum atomic E-state index is 6.28. The Kier molecular flexibility index (Phi) is 6.97. The molecular weight excluding hydrogens is 511 g/mol. The Morgan fingerprint density at radius 1 is 0.921 bits per heavy atom. The summed E-state index contributed by atoms with van der Waals surface area (Å²) in [5, 5.41) is 5.16. The normalized spacial score (nSPS) is 19.7. The minimum absolute atomic E-state index is 0.268. The summed E-state index contributed by atoms with van der Waals surface area (Å²) in [7, 11) is 0. The zero-order chi connectivity index (χ0) is 26.1. The van der Waals surface area contributed by atoms with E-state index in [-0.39, 0.29) is 6.04 Å². The van der Waals surface area contributed by atoms with Gasteiger partial charge in [0.15, 0.2) is 0 Å². The van der Waals surface area contributed by atoms with Crippen LogP contribution in [0, 0.1) is 12.8 Å². The molecule has 1 heterocycles. The van der Waals surface area contributed by atoms with Crippen molar-refractivity contribution in [3.63, 3.8) is 0 Å². The molecule has 0 fully saturated rings. The molecule has 0 bridgehead atoms. The molecule has 1 aliphatic carbocycles. The van der Waals surface area contributed by atoms with Crippen LogP contribution in [0.25, 0.3) is 0 Å². The van der Waals surface area contributed by atoms with Gasteiger partial charge in [-0.25, -0.2) is 0 Å². The number of hydrogen-bond acceptors (Lipinski definition) is 3. The molecule has 0 amide bonds. The molecular formula is C33H28Cl2N2O. The fourth-order valence-corrected chi connectivity index (χ4v) is 5.76. The number of nitrogens with zero attached hydrogens (tertiary/aromatic N) is 1. The van der Waals surface area contributed by atoms with Crippen molar-refractivity contribution in [2.24, 2.45) is 10.9 Å². The van der Waals surface area contributed by atoms with Gasteiger partial charge in [0.25, 0.3) is 0 Å². The highest BCUT2D eigenvalue weighted by molar-refractivity contribution is 6.31. The number of aliphatic imine (C=N–C) groups is 1. The van der Waals surface area contributed by atoms with E-state index in [1.54, 1.807) is 0 Å². The van der Waals surface area contributed by atoms with E-state index >= 15 is 0 Å². The highest BCUT2D eigenvalue weighted by atomic mass is 35.5. The predicted octanol–water partition coefficient (Wildman–Crippen LogP) is 9.46. The lowest BCUT2D eigenvalue weighted by Gasteiger charge is -2.37. The largest absolute Gasteiger partial charge is 0.488 e. The summed E-state index contributed by atoms with van der Waals surface area (Å²) in [4.78, 5) is 4.73. The van der Waals surface area contributed by atoms with Crippen molar-refractivity contribution in [1.29, 1.82) is 0 Å². The molecule has 190 valence electrons. The third-order valence-corrected chi connectivity index (χ3v) is 7.89. The molecule has 3 nitrogen and oxygen atoms in total. The Labute approximate surface area is 233 Å². The summed E-state index contributed by atoms with van der Waals surface area (Å²) in [6.45, 7) is 2.60. The van der Waals surface area contributed by atoms with Crippen LogP contribution in [0.2, 0.25) is 10.0 Å². The second-order valence-corrected chi connectivity index (χ2v) is 10.9. The number of hydrogen-bond donors (Lipinski definition) is 1. The van der Waals surface area contributed by atoms with Crippen LogP contribution in [-0.2, 0) is 6.61 Å². The van der Waals surface area contributed by atoms with Gasteiger partial charge in [0.2, 0.25) is 0 Å². The SMILES string of the molecule is Cc1ccc2c(c1)[C@@H]1C=CC[C@H]1[C@H](c1ccc(N=Cc3cc(Cl)ccc3OCc3ccc(Cl)cc3)cc1)N2. The molecule has 0 saturated heterocycles. The van der Waals surface area contributed by atoms with Gasteiger partial charge < -0.3 is 10.1 Å². The van der Waals surface area contributed by atoms with Gasteiger partial charge in [0, 0.05) is 33.4 Å². The average Bonchev–Trinajstić information content (AvgIpc) is 3.43. The lowest BCUT2D eigenvalue weighted by molar-refractivity contribution is 0.306. The molecule has 2 aliphatic rings. The predicted molar refractivity (Wildman–Crippen MR) is 158 cm³/mol. The molecule has 1 aliphatic heterocycles. The highest BCUT2D eigenvalue weighted by Gasteiger charge is 2.37. The molecule has 4 aromatic carbocycles. The third kappa shape index (κ3) is 5.22. The van der Waals surface area contributed by atoms with Crippen LogP contribution < -0.4 is 10.1 Å². The average molecular weight is 540 g/mol. The Balaban J connectivity index is 1.19. The topological polar surface area (TPSA) is 33.6 Å². The summed E-state index contributed by atoms with van der Waals surface area (Å²) in [6.07, 6.45) is 7.61. The highest BCUT2D eigenvalue weighted by Crippen LogP contribution is 2.50. The van der Waals surface area contributed by atoms with Gasteiger partial charge in [-0.3, -0.25) is 4.99 Å². The van der Waals surface area contributed by atoms with E-state index in [0.717, 1.165) is 29.0 Å². The molecule has 38 heavy (non-hydrogen) atoms. The van der Waals surface area contributed by atoms with Gasteiger partial charge >= 0.3 is 0 Å². The Morgan fingerprint density at radius 3 is 2.53 bits per heavy atom. The summed E-state index contributed by atoms with van der Waals surface area (Å²) < 4.78 is 6.07. The number of aryl methyl sites for hydroxylation is 1. The van der Waals surface area contributed by atoms with Crippen LogP contribution in [-0.4, -0.2) is 6.21 Å². The molecule has 6 rings (SSSR count). The summed E-state index contributed by atoms with van der Waals surface area (Å²) in [5.74, 6) is 1.71. The van der Waals surface area contributed by atoms with E-state index in [4.69, 9.17) is 32.9 Å². The molecule has 0 spiro atoms. The minimum Gasteiger partial charge on any atom is -0.488 e. The van der Waals surface area contributed by atoms with Crippen molar-refractivity contribution in [3.8, 4) is 5.75 Å². The number of fused-ring (bicyclic) bond motifs is 3. The fourth-order valence-electron chi connectivity index (χ4n) is 5.45. The monoisotopic (exact) mass is 538 g/mol. The van der Waals surface area contributed by atoms with Crippen molar-refractivity contribution in [2.45, 2.75) is 31.9 Å². The van der Waals surface area contributed by atoms with Gasteiger partial charge in [-0.1, -0.05) is 77.3 Å². The number of halogens is 2.